The molecule has 1 aromatic carbocycles. The van der Waals surface area contributed by atoms with E-state index >= 15 is 0 Å². The first-order chi connectivity index (χ1) is 5.77. The number of aryl methyl sites for hydroxylation is 1. The Balaban J connectivity index is 2.93. The van der Waals surface area contributed by atoms with Gasteiger partial charge >= 0.3 is 0 Å². The lowest BCUT2D eigenvalue weighted by Gasteiger charge is -2.05. The van der Waals surface area contributed by atoms with Crippen LogP contribution in [-0.4, -0.2) is 6.61 Å². The molecule has 0 aliphatic rings. The van der Waals surface area contributed by atoms with E-state index in [9.17, 15) is 0 Å². The van der Waals surface area contributed by atoms with Crippen LogP contribution in [0, 0.1) is 6.92 Å². The number of benzene rings is 1. The Kier molecular flexibility index (Phi) is 2.92. The van der Waals surface area contributed by atoms with Crippen LogP contribution in [0.4, 0.5) is 0 Å². The van der Waals surface area contributed by atoms with Crippen molar-refractivity contribution in [2.24, 2.45) is 0 Å². The van der Waals surface area contributed by atoms with Crippen LogP contribution in [0.5, 0.6) is 5.75 Å². The van der Waals surface area contributed by atoms with E-state index in [0.29, 0.717) is 6.61 Å². The molecule has 0 spiro atoms. The second-order valence-corrected chi connectivity index (χ2v) is 2.66. The second kappa shape index (κ2) is 3.96. The van der Waals surface area contributed by atoms with Gasteiger partial charge in [0.15, 0.2) is 0 Å². The predicted molar refractivity (Wildman–Crippen MR) is 52.4 cm³/mol. The lowest BCUT2D eigenvalue weighted by atomic mass is 10.1. The van der Waals surface area contributed by atoms with Crippen LogP contribution in [0.15, 0.2) is 24.8 Å². The number of hydrogen-bond acceptors (Lipinski definition) is 1. The molecule has 0 saturated carbocycles. The molecule has 0 atom stereocenters. The Morgan fingerprint density at radius 3 is 2.75 bits per heavy atom. The molecule has 0 amide bonds. The fourth-order valence-corrected chi connectivity index (χ4v) is 1.13. The minimum absolute atomic E-state index is 0.715. The summed E-state index contributed by atoms with van der Waals surface area (Å²) in [6, 6.07) is 6.02. The third-order valence-electron chi connectivity index (χ3n) is 1.77. The maximum atomic E-state index is 5.35. The molecule has 0 aliphatic heterocycles. The minimum atomic E-state index is 0.715. The van der Waals surface area contributed by atoms with Gasteiger partial charge in [-0.2, -0.15) is 0 Å². The van der Waals surface area contributed by atoms with Crippen LogP contribution in [-0.2, 0) is 0 Å². The first-order valence-electron chi connectivity index (χ1n) is 4.13. The zero-order valence-corrected chi connectivity index (χ0v) is 7.63. The molecule has 12 heavy (non-hydrogen) atoms. The fraction of sp³-hybridized carbons (Fsp3) is 0.273. The van der Waals surface area contributed by atoms with E-state index in [1.54, 1.807) is 0 Å². The highest BCUT2D eigenvalue weighted by atomic mass is 16.5. The highest BCUT2D eigenvalue weighted by Crippen LogP contribution is 2.17. The summed E-state index contributed by atoms with van der Waals surface area (Å²) in [4.78, 5) is 0. The molecular formula is C11H14O. The molecule has 0 N–H and O–H groups in total. The molecule has 0 aromatic heterocycles. The van der Waals surface area contributed by atoms with Crippen molar-refractivity contribution in [2.45, 2.75) is 13.8 Å². The van der Waals surface area contributed by atoms with Crippen molar-refractivity contribution in [2.75, 3.05) is 6.61 Å². The Hall–Kier alpha value is -1.24. The summed E-state index contributed by atoms with van der Waals surface area (Å²) >= 11 is 0. The van der Waals surface area contributed by atoms with Gasteiger partial charge < -0.3 is 4.74 Å². The van der Waals surface area contributed by atoms with Gasteiger partial charge in [0.2, 0.25) is 0 Å². The summed E-state index contributed by atoms with van der Waals surface area (Å²) in [5.41, 5.74) is 2.37. The Bertz CT molecular complexity index is 276. The van der Waals surface area contributed by atoms with Crippen molar-refractivity contribution in [3.63, 3.8) is 0 Å². The third-order valence-corrected chi connectivity index (χ3v) is 1.77. The van der Waals surface area contributed by atoms with Crippen molar-refractivity contribution < 1.29 is 4.74 Å². The van der Waals surface area contributed by atoms with Crippen molar-refractivity contribution in [3.05, 3.63) is 35.9 Å². The lowest BCUT2D eigenvalue weighted by molar-refractivity contribution is 0.340. The molecule has 0 unspecified atom stereocenters. The van der Waals surface area contributed by atoms with Gasteiger partial charge in [0.25, 0.3) is 0 Å². The maximum Gasteiger partial charge on any atom is 0.119 e. The smallest absolute Gasteiger partial charge is 0.119 e. The molecule has 1 rings (SSSR count). The maximum absolute atomic E-state index is 5.35. The molecule has 64 valence electrons. The first-order valence-corrected chi connectivity index (χ1v) is 4.13. The van der Waals surface area contributed by atoms with Gasteiger partial charge in [-0.1, -0.05) is 18.7 Å². The molecule has 0 fully saturated rings. The van der Waals surface area contributed by atoms with E-state index < -0.39 is 0 Å². The zero-order valence-electron chi connectivity index (χ0n) is 7.63. The molecule has 0 bridgehead atoms. The minimum Gasteiger partial charge on any atom is -0.494 e. The van der Waals surface area contributed by atoms with Crippen LogP contribution in [0.2, 0.25) is 0 Å². The molecular weight excluding hydrogens is 148 g/mol. The van der Waals surface area contributed by atoms with Gasteiger partial charge in [-0.05, 0) is 37.1 Å². The molecule has 1 nitrogen and oxygen atoms in total. The summed E-state index contributed by atoms with van der Waals surface area (Å²) in [6.07, 6.45) is 1.85. The Morgan fingerprint density at radius 2 is 2.25 bits per heavy atom. The Labute approximate surface area is 73.7 Å². The fourth-order valence-electron chi connectivity index (χ4n) is 1.13. The van der Waals surface area contributed by atoms with Crippen LogP contribution in [0.1, 0.15) is 18.1 Å². The average molecular weight is 162 g/mol. The van der Waals surface area contributed by atoms with E-state index in [1.165, 1.54) is 11.1 Å². The van der Waals surface area contributed by atoms with Gasteiger partial charge in [-0.15, -0.1) is 0 Å². The average Bonchev–Trinajstić information content (AvgIpc) is 2.05. The monoisotopic (exact) mass is 162 g/mol. The van der Waals surface area contributed by atoms with Gasteiger partial charge in [0.1, 0.15) is 5.75 Å². The van der Waals surface area contributed by atoms with Crippen molar-refractivity contribution in [3.8, 4) is 5.75 Å². The lowest BCUT2D eigenvalue weighted by Crippen LogP contribution is -1.92. The highest BCUT2D eigenvalue weighted by molar-refractivity contribution is 5.53. The second-order valence-electron chi connectivity index (χ2n) is 2.66. The van der Waals surface area contributed by atoms with Gasteiger partial charge in [0.05, 0.1) is 6.61 Å². The van der Waals surface area contributed by atoms with Crippen molar-refractivity contribution in [1.82, 2.24) is 0 Å². The normalized spacial score (nSPS) is 9.50. The number of ether oxygens (including phenoxy) is 1. The summed E-state index contributed by atoms with van der Waals surface area (Å²) in [6.45, 7) is 8.48. The van der Waals surface area contributed by atoms with Crippen molar-refractivity contribution >= 4 is 6.08 Å². The number of rotatable bonds is 3. The van der Waals surface area contributed by atoms with Crippen molar-refractivity contribution in [1.29, 1.82) is 0 Å². The topological polar surface area (TPSA) is 9.23 Å². The van der Waals surface area contributed by atoms with Crippen LogP contribution in [0.25, 0.3) is 6.08 Å². The van der Waals surface area contributed by atoms with Gasteiger partial charge in [-0.3, -0.25) is 0 Å². The first kappa shape index (κ1) is 8.85. The zero-order chi connectivity index (χ0) is 8.97. The summed E-state index contributed by atoms with van der Waals surface area (Å²) in [5.74, 6) is 0.931. The van der Waals surface area contributed by atoms with Gasteiger partial charge in [0, 0.05) is 0 Å². The SMILES string of the molecule is C=Cc1ccc(OCC)cc1C. The van der Waals surface area contributed by atoms with Gasteiger partial charge in [-0.25, -0.2) is 0 Å². The molecule has 1 aromatic rings. The van der Waals surface area contributed by atoms with Crippen LogP contribution < -0.4 is 4.74 Å². The van der Waals surface area contributed by atoms with Crippen LogP contribution >= 0.6 is 0 Å². The predicted octanol–water partition coefficient (Wildman–Crippen LogP) is 3.04. The largest absolute Gasteiger partial charge is 0.494 e. The Morgan fingerprint density at radius 1 is 1.50 bits per heavy atom. The molecule has 0 saturated heterocycles. The quantitative estimate of drug-likeness (QED) is 0.663. The number of hydrogen-bond donors (Lipinski definition) is 0. The van der Waals surface area contributed by atoms with E-state index in [4.69, 9.17) is 4.74 Å². The van der Waals surface area contributed by atoms with Crippen LogP contribution in [0.3, 0.4) is 0 Å². The summed E-state index contributed by atoms with van der Waals surface area (Å²) < 4.78 is 5.35. The van der Waals surface area contributed by atoms with E-state index in [0.717, 1.165) is 5.75 Å². The van der Waals surface area contributed by atoms with E-state index in [2.05, 4.69) is 13.5 Å². The van der Waals surface area contributed by atoms with E-state index in [-0.39, 0.29) is 0 Å². The summed E-state index contributed by atoms with van der Waals surface area (Å²) in [5, 5.41) is 0. The highest BCUT2D eigenvalue weighted by Gasteiger charge is 1.96. The molecule has 1 heteroatoms. The third kappa shape index (κ3) is 1.88. The molecule has 0 aliphatic carbocycles. The standard InChI is InChI=1S/C11H14O/c1-4-10-6-7-11(12-5-2)8-9(10)3/h4,6-8H,1,5H2,2-3H3. The summed E-state index contributed by atoms with van der Waals surface area (Å²) in [7, 11) is 0. The van der Waals surface area contributed by atoms with E-state index in [1.807, 2.05) is 31.2 Å². The molecule has 0 radical (unpaired) electrons. The molecule has 0 heterocycles.